The molecular weight excluding hydrogens is 1460 g/mol. The van der Waals surface area contributed by atoms with Crippen molar-refractivity contribution in [3.63, 3.8) is 0 Å². The largest absolute Gasteiger partial charge is 0.213 e. The van der Waals surface area contributed by atoms with Crippen LogP contribution in [0.2, 0.25) is 0 Å². The van der Waals surface area contributed by atoms with E-state index in [9.17, 15) is 0 Å². The first-order chi connectivity index (χ1) is 62.0. The Hall–Kier alpha value is -13.6. The summed E-state index contributed by atoms with van der Waals surface area (Å²) in [5.41, 5.74) is 40.8. The van der Waals surface area contributed by atoms with E-state index in [2.05, 4.69) is 304 Å². The molecule has 5 nitrogen and oxygen atoms in total. The van der Waals surface area contributed by atoms with Gasteiger partial charge >= 0.3 is 0 Å². The maximum atomic E-state index is 8.09. The number of hydrogen-bond acceptors (Lipinski definition) is 0. The predicted molar refractivity (Wildman–Crippen MR) is 510 cm³/mol. The summed E-state index contributed by atoms with van der Waals surface area (Å²) in [5.74, 6) is 0. The van der Waals surface area contributed by atoms with E-state index >= 15 is 0 Å². The van der Waals surface area contributed by atoms with E-state index in [-0.39, 0.29) is 5.56 Å². The van der Waals surface area contributed by atoms with Crippen molar-refractivity contribution < 1.29 is 35.2 Å². The van der Waals surface area contributed by atoms with E-state index < -0.39 is 20.6 Å². The summed E-state index contributed by atoms with van der Waals surface area (Å²) < 4.78 is 82.7. The van der Waals surface area contributed by atoms with E-state index in [0.29, 0.717) is 22.3 Å². The molecule has 0 bridgehead atoms. The van der Waals surface area contributed by atoms with Gasteiger partial charge in [-0.3, -0.25) is 0 Å². The van der Waals surface area contributed by atoms with Gasteiger partial charge in [-0.2, -0.15) is 0 Å². The van der Waals surface area contributed by atoms with Gasteiger partial charge in [0.25, 0.3) is 0 Å². The summed E-state index contributed by atoms with van der Waals surface area (Å²) in [7, 11) is 10.2. The van der Waals surface area contributed by atoms with Crippen LogP contribution in [0.1, 0.15) is 90.2 Å². The van der Waals surface area contributed by atoms with Gasteiger partial charge in [0.1, 0.15) is 35.2 Å². The van der Waals surface area contributed by atoms with Gasteiger partial charge in [-0.05, 0) is 278 Å². The Balaban J connectivity index is 0.000000140. The zero-order valence-electron chi connectivity index (χ0n) is 81.8. The molecule has 0 aliphatic rings. The van der Waals surface area contributed by atoms with Gasteiger partial charge in [0.2, 0.25) is 28.5 Å². The number of aryl methyl sites for hydroxylation is 19. The van der Waals surface area contributed by atoms with Crippen LogP contribution < -0.4 is 22.8 Å². The van der Waals surface area contributed by atoms with Gasteiger partial charge in [0, 0.05) is 99.3 Å². The van der Waals surface area contributed by atoms with Crippen molar-refractivity contribution in [2.75, 3.05) is 0 Å². The van der Waals surface area contributed by atoms with Gasteiger partial charge in [-0.25, -0.2) is 22.8 Å². The highest BCUT2D eigenvalue weighted by Gasteiger charge is 2.24. The van der Waals surface area contributed by atoms with Crippen LogP contribution in [-0.2, 0) is 35.2 Å². The summed E-state index contributed by atoms with van der Waals surface area (Å²) in [6, 6.07) is 111. The molecule has 17 aromatic rings. The van der Waals surface area contributed by atoms with Crippen LogP contribution in [0.25, 0.3) is 134 Å². The van der Waals surface area contributed by atoms with Crippen LogP contribution in [-0.4, -0.2) is 0 Å². The van der Waals surface area contributed by atoms with Crippen LogP contribution in [0.15, 0.2) is 359 Å². The lowest BCUT2D eigenvalue weighted by atomic mass is 9.92. The molecule has 600 valence electrons. The summed E-state index contributed by atoms with van der Waals surface area (Å²) in [5, 5.41) is 0. The maximum Gasteiger partial charge on any atom is 0.213 e. The Bertz CT molecular complexity index is 6670. The summed E-state index contributed by atoms with van der Waals surface area (Å²) in [6.07, 6.45) is 10.2. The highest BCUT2D eigenvalue weighted by Crippen LogP contribution is 2.39. The van der Waals surface area contributed by atoms with Gasteiger partial charge < -0.3 is 0 Å². The topological polar surface area (TPSA) is 19.4 Å². The van der Waals surface area contributed by atoms with Crippen molar-refractivity contribution in [2.24, 2.45) is 35.2 Å². The average molecular weight is 1590 g/mol. The highest BCUT2D eigenvalue weighted by atomic mass is 14.9. The molecule has 0 spiro atoms. The molecule has 5 aromatic heterocycles. The maximum absolute atomic E-state index is 8.09. The standard InChI is InChI=1S/2C27H26N.C22H24N.2C20H20N/c2*1-19-15-20(2)26(16-24(19)22-11-7-5-8-12-22)27-17-25(21(3)18-28(27)4)23-13-9-6-10-14-23;1-15-12-22(23(5)14-18(15)4)21-13-20(16(2)11-17(21)3)19-9-7-6-8-10-19;2*1-15-13-16(2)19(20-11-7-8-12-21(20)3)14-18(15)17-9-5-4-6-10-17/h2*5-18H,1-4H3;6-14H,1-5H3;2*4-14H,1-3H3/q5*+1/i1D3,3D3;;;1D3;. The van der Waals surface area contributed by atoms with Crippen molar-refractivity contribution in [2.45, 2.75) is 96.7 Å². The summed E-state index contributed by atoms with van der Waals surface area (Å²) in [6.45, 7) is 16.9. The van der Waals surface area contributed by atoms with E-state index in [1.54, 1.807) is 22.9 Å². The van der Waals surface area contributed by atoms with Crippen LogP contribution in [0.5, 0.6) is 0 Å². The second-order valence-electron chi connectivity index (χ2n) is 31.9. The highest BCUT2D eigenvalue weighted by molar-refractivity contribution is 5.83. The lowest BCUT2D eigenvalue weighted by Crippen LogP contribution is -2.31. The van der Waals surface area contributed by atoms with Crippen LogP contribution in [0.4, 0.5) is 0 Å². The molecule has 0 aliphatic heterocycles. The Morgan fingerprint density at radius 2 is 0.364 bits per heavy atom. The molecule has 5 heterocycles. The van der Waals surface area contributed by atoms with E-state index in [4.69, 9.17) is 12.3 Å². The first kappa shape index (κ1) is 73.7. The second kappa shape index (κ2) is 38.9. The normalized spacial score (nSPS) is 12.2. The summed E-state index contributed by atoms with van der Waals surface area (Å²) in [4.78, 5) is 0. The molecule has 0 saturated heterocycles. The fourth-order valence-corrected chi connectivity index (χ4v) is 16.4. The third-order valence-corrected chi connectivity index (χ3v) is 23.0. The monoisotopic (exact) mass is 1590 g/mol. The Morgan fingerprint density at radius 3 is 0.636 bits per heavy atom. The van der Waals surface area contributed by atoms with Gasteiger partial charge in [-0.15, -0.1) is 0 Å². The molecule has 121 heavy (non-hydrogen) atoms. The Labute approximate surface area is 733 Å². The smallest absolute Gasteiger partial charge is 0.201 e. The molecule has 0 N–H and O–H groups in total. The van der Waals surface area contributed by atoms with Crippen LogP contribution in [0.3, 0.4) is 0 Å². The second-order valence-corrected chi connectivity index (χ2v) is 31.9. The summed E-state index contributed by atoms with van der Waals surface area (Å²) >= 11 is 0. The zero-order chi connectivity index (χ0) is 93.0. The molecular formula is C116H116N5+5. The van der Waals surface area contributed by atoms with Crippen molar-refractivity contribution in [1.82, 2.24) is 0 Å². The van der Waals surface area contributed by atoms with Gasteiger partial charge in [0.15, 0.2) is 31.0 Å². The molecule has 0 saturated carbocycles. The van der Waals surface area contributed by atoms with E-state index in [1.807, 2.05) is 166 Å². The lowest BCUT2D eigenvalue weighted by Gasteiger charge is -2.13. The average Bonchev–Trinajstić information content (AvgIpc) is 0.745. The molecule has 0 atom stereocenters. The predicted octanol–water partition coefficient (Wildman–Crippen LogP) is 26.9. The zero-order valence-corrected chi connectivity index (χ0v) is 72.8. The fourth-order valence-electron chi connectivity index (χ4n) is 16.4. The minimum atomic E-state index is -2.28. The fraction of sp³-hybridized carbons (Fsp3) is 0.164. The number of aromatic nitrogens is 5. The Kier molecular flexibility index (Phi) is 23.7. The number of rotatable bonds is 12. The minimum absolute atomic E-state index is 0.269. The minimum Gasteiger partial charge on any atom is -0.201 e. The molecule has 0 radical (unpaired) electrons. The van der Waals surface area contributed by atoms with Crippen LogP contribution >= 0.6 is 0 Å². The molecule has 5 heteroatoms. The number of hydrogen-bond donors (Lipinski definition) is 0. The number of pyridine rings is 5. The molecule has 0 aliphatic carbocycles. The van der Waals surface area contributed by atoms with Crippen molar-refractivity contribution in [3.8, 4) is 134 Å². The Morgan fingerprint density at radius 1 is 0.157 bits per heavy atom. The van der Waals surface area contributed by atoms with Crippen molar-refractivity contribution >= 4 is 0 Å². The van der Waals surface area contributed by atoms with Crippen molar-refractivity contribution in [3.05, 3.63) is 436 Å². The molecule has 17 rings (SSSR count). The van der Waals surface area contributed by atoms with E-state index in [0.717, 1.165) is 55.9 Å². The third kappa shape index (κ3) is 20.1. The van der Waals surface area contributed by atoms with Gasteiger partial charge in [-0.1, -0.05) is 243 Å². The molecule has 0 amide bonds. The van der Waals surface area contributed by atoms with Crippen LogP contribution in [0, 0.1) is 96.7 Å². The molecule has 0 unspecified atom stereocenters. The first-order valence-electron chi connectivity index (χ1n) is 46.0. The molecule has 12 aromatic carbocycles. The third-order valence-electron chi connectivity index (χ3n) is 23.0. The van der Waals surface area contributed by atoms with Crippen molar-refractivity contribution in [1.29, 1.82) is 0 Å². The van der Waals surface area contributed by atoms with E-state index in [1.165, 1.54) is 128 Å². The number of benzene rings is 12. The van der Waals surface area contributed by atoms with Gasteiger partial charge in [0.05, 0.1) is 0 Å². The first-order valence-corrected chi connectivity index (χ1v) is 41.5. The SMILES string of the molecule is Cc1cc(-c2cc(-c3ccccc3)c(C)cc2C)[n+](C)cc1C.Cc1cc(C)c(-c2cc(-c3ccccc3)c(C)c[n+]2C)cc1-c1ccccc1.Cc1cc(C)c(-c2cccc[n+]2C)cc1-c1ccccc1.[2H]C([2H])([2H])c1cc(C)c(-c2cc(-c3ccccc3)c(C([2H])([2H])[2H])c[n+]2C)cc1-c1ccccc1.[2H]C([2H])([2H])c1cc(C)c(-c2cccc[n+]2C)cc1-c1ccccc1. The molecule has 0 fully saturated rings. The number of nitrogens with zero attached hydrogens (tertiary/aromatic N) is 5. The quantitative estimate of drug-likeness (QED) is 0.109. The lowest BCUT2D eigenvalue weighted by molar-refractivity contribution is -0.660.